The summed E-state index contributed by atoms with van der Waals surface area (Å²) >= 11 is 6.35. The molecule has 1 aliphatic heterocycles. The molecule has 0 spiro atoms. The van der Waals surface area contributed by atoms with Crippen LogP contribution in [0.3, 0.4) is 0 Å². The molecule has 6 nitrogen and oxygen atoms in total. The lowest BCUT2D eigenvalue weighted by Gasteiger charge is -2.12. The first kappa shape index (κ1) is 20.3. The number of unbranched alkanes of at least 4 members (excludes halogenated alkanes) is 1. The molecule has 1 aromatic carbocycles. The topological polar surface area (TPSA) is 76.1 Å². The minimum absolute atomic E-state index is 0.0743. The highest BCUT2D eigenvalue weighted by Gasteiger charge is 2.32. The second-order valence-electron chi connectivity index (χ2n) is 5.59. The number of hydrogen-bond donors (Lipinski definition) is 1. The molecule has 2 rings (SSSR count). The van der Waals surface area contributed by atoms with Crippen molar-refractivity contribution in [1.29, 1.82) is 0 Å². The zero-order valence-electron chi connectivity index (χ0n) is 14.7. The third-order valence-electron chi connectivity index (χ3n) is 3.66. The Kier molecular flexibility index (Phi) is 7.47. The Hall–Kier alpha value is -2.06. The number of rotatable bonds is 9. The first-order valence-electron chi connectivity index (χ1n) is 8.24. The van der Waals surface area contributed by atoms with Crippen LogP contribution in [0.15, 0.2) is 23.1 Å². The van der Waals surface area contributed by atoms with Gasteiger partial charge in [-0.3, -0.25) is 14.5 Å². The summed E-state index contributed by atoms with van der Waals surface area (Å²) in [6.45, 7) is 2.79. The van der Waals surface area contributed by atoms with Crippen LogP contribution in [0.4, 0.5) is 0 Å². The predicted molar refractivity (Wildman–Crippen MR) is 106 cm³/mol. The number of carboxylic acids is 1. The van der Waals surface area contributed by atoms with Gasteiger partial charge in [0.1, 0.15) is 4.32 Å². The molecule has 1 aromatic rings. The summed E-state index contributed by atoms with van der Waals surface area (Å²) < 4.78 is 11.4. The van der Waals surface area contributed by atoms with E-state index in [1.165, 1.54) is 16.7 Å². The monoisotopic (exact) mass is 395 g/mol. The predicted octanol–water partition coefficient (Wildman–Crippen LogP) is 3.55. The summed E-state index contributed by atoms with van der Waals surface area (Å²) in [5, 5.41) is 8.78. The Labute approximate surface area is 162 Å². The van der Waals surface area contributed by atoms with Gasteiger partial charge >= 0.3 is 5.97 Å². The normalized spacial score (nSPS) is 15.6. The van der Waals surface area contributed by atoms with Crippen molar-refractivity contribution in [1.82, 2.24) is 4.90 Å². The molecule has 0 atom stereocenters. The lowest BCUT2D eigenvalue weighted by molar-refractivity contribution is -0.137. The average molecular weight is 396 g/mol. The van der Waals surface area contributed by atoms with Crippen molar-refractivity contribution >= 4 is 46.3 Å². The summed E-state index contributed by atoms with van der Waals surface area (Å²) in [5.41, 5.74) is 0.781. The van der Waals surface area contributed by atoms with E-state index in [2.05, 4.69) is 6.92 Å². The van der Waals surface area contributed by atoms with E-state index in [0.717, 1.165) is 18.4 Å². The number of aliphatic carboxylic acids is 1. The Morgan fingerprint density at radius 1 is 1.38 bits per heavy atom. The van der Waals surface area contributed by atoms with Crippen LogP contribution < -0.4 is 9.47 Å². The van der Waals surface area contributed by atoms with Crippen LogP contribution in [-0.4, -0.2) is 46.5 Å². The van der Waals surface area contributed by atoms with Crippen LogP contribution in [0.25, 0.3) is 6.08 Å². The van der Waals surface area contributed by atoms with Gasteiger partial charge in [-0.1, -0.05) is 43.4 Å². The molecule has 0 radical (unpaired) electrons. The van der Waals surface area contributed by atoms with Crippen LogP contribution in [0.2, 0.25) is 0 Å². The molecule has 0 unspecified atom stereocenters. The number of benzene rings is 1. The fraction of sp³-hybridized carbons (Fsp3) is 0.389. The number of thioether (sulfide) groups is 1. The van der Waals surface area contributed by atoms with Gasteiger partial charge in [-0.2, -0.15) is 0 Å². The second-order valence-corrected chi connectivity index (χ2v) is 7.27. The van der Waals surface area contributed by atoms with E-state index in [9.17, 15) is 9.59 Å². The second kappa shape index (κ2) is 9.59. The number of carboxylic acid groups (broad SMARTS) is 1. The molecular weight excluding hydrogens is 374 g/mol. The van der Waals surface area contributed by atoms with Crippen LogP contribution in [0.5, 0.6) is 11.5 Å². The molecule has 8 heteroatoms. The van der Waals surface area contributed by atoms with Crippen LogP contribution >= 0.6 is 24.0 Å². The summed E-state index contributed by atoms with van der Waals surface area (Å²) in [5.74, 6) is 0.0123. The maximum absolute atomic E-state index is 12.4. The standard InChI is InChI=1S/C18H21NO5S2/c1-3-4-9-24-13-6-5-12(10-14(13)23-2)11-15-17(22)19(18(25)26-15)8-7-16(20)21/h5-6,10-11H,3-4,7-9H2,1-2H3,(H,20,21)/b15-11-. The van der Waals surface area contributed by atoms with Gasteiger partial charge in [0.25, 0.3) is 5.91 Å². The van der Waals surface area contributed by atoms with Gasteiger partial charge in [-0.15, -0.1) is 0 Å². The molecule has 1 amide bonds. The van der Waals surface area contributed by atoms with E-state index in [1.807, 2.05) is 12.1 Å². The molecule has 0 bridgehead atoms. The van der Waals surface area contributed by atoms with E-state index in [4.69, 9.17) is 26.8 Å². The zero-order chi connectivity index (χ0) is 19.1. The number of carbonyl (C=O) groups excluding carboxylic acids is 1. The maximum atomic E-state index is 12.4. The van der Waals surface area contributed by atoms with Crippen molar-refractivity contribution in [2.45, 2.75) is 26.2 Å². The highest BCUT2D eigenvalue weighted by Crippen LogP contribution is 2.34. The van der Waals surface area contributed by atoms with Gasteiger partial charge in [-0.25, -0.2) is 0 Å². The molecule has 0 aliphatic carbocycles. The minimum atomic E-state index is -0.966. The molecule has 1 fully saturated rings. The van der Waals surface area contributed by atoms with E-state index < -0.39 is 5.97 Å². The zero-order valence-corrected chi connectivity index (χ0v) is 16.3. The van der Waals surface area contributed by atoms with E-state index in [0.29, 0.717) is 27.3 Å². The van der Waals surface area contributed by atoms with Crippen molar-refractivity contribution in [2.75, 3.05) is 20.3 Å². The van der Waals surface area contributed by atoms with Crippen molar-refractivity contribution in [3.8, 4) is 11.5 Å². The summed E-state index contributed by atoms with van der Waals surface area (Å²) in [6, 6.07) is 5.45. The van der Waals surface area contributed by atoms with Gasteiger partial charge in [0.15, 0.2) is 11.5 Å². The third-order valence-corrected chi connectivity index (χ3v) is 5.04. The number of hydrogen-bond acceptors (Lipinski definition) is 6. The summed E-state index contributed by atoms with van der Waals surface area (Å²) in [7, 11) is 1.57. The molecule has 1 heterocycles. The molecule has 140 valence electrons. The Bertz CT molecular complexity index is 732. The maximum Gasteiger partial charge on any atom is 0.305 e. The molecule has 0 aromatic heterocycles. The van der Waals surface area contributed by atoms with Crippen LogP contribution in [0, 0.1) is 0 Å². The number of carbonyl (C=O) groups is 2. The molecular formula is C18H21NO5S2. The van der Waals surface area contributed by atoms with Gasteiger partial charge in [-0.05, 0) is 30.2 Å². The van der Waals surface area contributed by atoms with Gasteiger partial charge in [0.2, 0.25) is 0 Å². The fourth-order valence-corrected chi connectivity index (χ4v) is 3.58. The molecule has 0 saturated carbocycles. The van der Waals surface area contributed by atoms with Gasteiger partial charge < -0.3 is 14.6 Å². The summed E-state index contributed by atoms with van der Waals surface area (Å²) in [4.78, 5) is 24.9. The number of ether oxygens (including phenoxy) is 2. The highest BCUT2D eigenvalue weighted by molar-refractivity contribution is 8.26. The lowest BCUT2D eigenvalue weighted by Crippen LogP contribution is -2.30. The fourth-order valence-electron chi connectivity index (χ4n) is 2.27. The minimum Gasteiger partial charge on any atom is -0.493 e. The largest absolute Gasteiger partial charge is 0.493 e. The van der Waals surface area contributed by atoms with E-state index in [1.54, 1.807) is 19.3 Å². The molecule has 26 heavy (non-hydrogen) atoms. The van der Waals surface area contributed by atoms with Gasteiger partial charge in [0.05, 0.1) is 25.0 Å². The molecule has 1 saturated heterocycles. The number of amides is 1. The lowest BCUT2D eigenvalue weighted by atomic mass is 10.2. The quantitative estimate of drug-likeness (QED) is 0.389. The average Bonchev–Trinajstić information content (AvgIpc) is 2.87. The third kappa shape index (κ3) is 5.22. The van der Waals surface area contributed by atoms with Gasteiger partial charge in [0, 0.05) is 6.54 Å². The van der Waals surface area contributed by atoms with E-state index in [-0.39, 0.29) is 18.9 Å². The first-order chi connectivity index (χ1) is 12.5. The summed E-state index contributed by atoms with van der Waals surface area (Å²) in [6.07, 6.45) is 3.59. The van der Waals surface area contributed by atoms with Crippen molar-refractivity contribution in [2.24, 2.45) is 0 Å². The number of thiocarbonyl (C=S) groups is 1. The SMILES string of the molecule is CCCCOc1ccc(/C=C2\SC(=S)N(CCC(=O)O)C2=O)cc1OC. The van der Waals surface area contributed by atoms with Crippen molar-refractivity contribution in [3.63, 3.8) is 0 Å². The van der Waals surface area contributed by atoms with E-state index >= 15 is 0 Å². The Balaban J connectivity index is 2.14. The molecule has 1 N–H and O–H groups in total. The number of nitrogens with zero attached hydrogens (tertiary/aromatic N) is 1. The first-order valence-corrected chi connectivity index (χ1v) is 9.46. The Morgan fingerprint density at radius 3 is 2.81 bits per heavy atom. The Morgan fingerprint density at radius 2 is 2.15 bits per heavy atom. The smallest absolute Gasteiger partial charge is 0.305 e. The molecule has 1 aliphatic rings. The number of methoxy groups -OCH3 is 1. The highest BCUT2D eigenvalue weighted by atomic mass is 32.2. The van der Waals surface area contributed by atoms with Crippen LogP contribution in [0.1, 0.15) is 31.7 Å². The van der Waals surface area contributed by atoms with Crippen LogP contribution in [-0.2, 0) is 9.59 Å². The van der Waals surface area contributed by atoms with Crippen molar-refractivity contribution in [3.05, 3.63) is 28.7 Å². The van der Waals surface area contributed by atoms with Crippen molar-refractivity contribution < 1.29 is 24.2 Å².